The van der Waals surface area contributed by atoms with Gasteiger partial charge in [0.15, 0.2) is 0 Å². The Kier molecular flexibility index (Phi) is 4.56. The predicted octanol–water partition coefficient (Wildman–Crippen LogP) is 3.04. The summed E-state index contributed by atoms with van der Waals surface area (Å²) in [4.78, 5) is 5.07. The van der Waals surface area contributed by atoms with Crippen molar-refractivity contribution in [3.63, 3.8) is 0 Å². The second kappa shape index (κ2) is 6.18. The van der Waals surface area contributed by atoms with Gasteiger partial charge in [0.25, 0.3) is 0 Å². The van der Waals surface area contributed by atoms with Crippen molar-refractivity contribution in [2.75, 3.05) is 11.5 Å². The molecule has 16 heavy (non-hydrogen) atoms. The highest BCUT2D eigenvalue weighted by molar-refractivity contribution is 8.01. The lowest BCUT2D eigenvalue weighted by Crippen LogP contribution is -2.00. The molecule has 2 nitrogen and oxygen atoms in total. The molecule has 1 atom stereocenters. The van der Waals surface area contributed by atoms with Crippen LogP contribution in [-0.4, -0.2) is 20.7 Å². The van der Waals surface area contributed by atoms with Crippen LogP contribution in [0, 0.1) is 0 Å². The van der Waals surface area contributed by atoms with E-state index < -0.39 is 10.8 Å². The molecule has 2 aromatic rings. The maximum Gasteiger partial charge on any atom is 0.149 e. The van der Waals surface area contributed by atoms with Gasteiger partial charge in [0, 0.05) is 28.0 Å². The van der Waals surface area contributed by atoms with Crippen LogP contribution >= 0.6 is 23.1 Å². The number of aromatic nitrogens is 1. The lowest BCUT2D eigenvalue weighted by molar-refractivity contribution is 0.684. The first kappa shape index (κ1) is 11.8. The number of benzene rings is 1. The molecule has 2 rings (SSSR count). The maximum atomic E-state index is 11.9. The van der Waals surface area contributed by atoms with Gasteiger partial charge in [-0.3, -0.25) is 4.21 Å². The van der Waals surface area contributed by atoms with Gasteiger partial charge < -0.3 is 0 Å². The van der Waals surface area contributed by atoms with Crippen molar-refractivity contribution in [2.24, 2.45) is 0 Å². The highest BCUT2D eigenvalue weighted by atomic mass is 32.2. The molecular formula is C11H11NOS3. The minimum absolute atomic E-state index is 0.675. The molecule has 0 aliphatic carbocycles. The standard InChI is InChI=1S/C11H11NOS3/c13-16(10-4-2-1-3-5-10)9-8-15-11-12-6-7-14-11/h1-7H,8-9H2. The van der Waals surface area contributed by atoms with Crippen molar-refractivity contribution in [1.29, 1.82) is 0 Å². The molecule has 0 bridgehead atoms. The van der Waals surface area contributed by atoms with E-state index in [9.17, 15) is 4.21 Å². The highest BCUT2D eigenvalue weighted by Crippen LogP contribution is 2.20. The minimum Gasteiger partial charge on any atom is -0.254 e. The third-order valence-corrected chi connectivity index (χ3v) is 5.51. The molecule has 0 aliphatic heterocycles. The summed E-state index contributed by atoms with van der Waals surface area (Å²) in [6.07, 6.45) is 1.79. The van der Waals surface area contributed by atoms with Crippen LogP contribution in [0.1, 0.15) is 0 Å². The fraction of sp³-hybridized carbons (Fsp3) is 0.182. The van der Waals surface area contributed by atoms with Crippen LogP contribution in [0.15, 0.2) is 51.1 Å². The van der Waals surface area contributed by atoms with Gasteiger partial charge in [-0.2, -0.15) is 0 Å². The van der Waals surface area contributed by atoms with Crippen LogP contribution in [-0.2, 0) is 10.8 Å². The fourth-order valence-corrected chi connectivity index (χ4v) is 4.17. The first-order valence-corrected chi connectivity index (χ1v) is 8.00. The van der Waals surface area contributed by atoms with Crippen molar-refractivity contribution in [3.05, 3.63) is 41.9 Å². The molecule has 1 unspecified atom stereocenters. The Bertz CT molecular complexity index is 442. The first-order chi connectivity index (χ1) is 7.86. The van der Waals surface area contributed by atoms with Gasteiger partial charge in [-0.15, -0.1) is 11.3 Å². The molecule has 84 valence electrons. The molecule has 0 fully saturated rings. The lowest BCUT2D eigenvalue weighted by Gasteiger charge is -2.00. The molecule has 0 saturated heterocycles. The van der Waals surface area contributed by atoms with Crippen molar-refractivity contribution in [2.45, 2.75) is 9.24 Å². The van der Waals surface area contributed by atoms with E-state index in [4.69, 9.17) is 0 Å². The normalized spacial score (nSPS) is 12.5. The summed E-state index contributed by atoms with van der Waals surface area (Å²) in [7, 11) is -0.889. The molecule has 5 heteroatoms. The zero-order valence-electron chi connectivity index (χ0n) is 8.54. The van der Waals surface area contributed by atoms with Crippen molar-refractivity contribution < 1.29 is 4.21 Å². The largest absolute Gasteiger partial charge is 0.254 e. The van der Waals surface area contributed by atoms with Crippen LogP contribution in [0.25, 0.3) is 0 Å². The van der Waals surface area contributed by atoms with E-state index in [1.54, 1.807) is 29.3 Å². The topological polar surface area (TPSA) is 30.0 Å². The van der Waals surface area contributed by atoms with Gasteiger partial charge in [0.1, 0.15) is 4.34 Å². The molecule has 0 spiro atoms. The van der Waals surface area contributed by atoms with E-state index in [2.05, 4.69) is 4.98 Å². The summed E-state index contributed by atoms with van der Waals surface area (Å²) in [5.41, 5.74) is 0. The zero-order chi connectivity index (χ0) is 11.2. The number of rotatable bonds is 5. The van der Waals surface area contributed by atoms with E-state index in [1.807, 2.05) is 35.7 Å². The second-order valence-corrected chi connectivity index (χ2v) is 6.82. The van der Waals surface area contributed by atoms with Crippen molar-refractivity contribution in [1.82, 2.24) is 4.98 Å². The Hall–Kier alpha value is -0.650. The quantitative estimate of drug-likeness (QED) is 0.782. The number of hydrogen-bond acceptors (Lipinski definition) is 4. The van der Waals surface area contributed by atoms with Crippen molar-refractivity contribution in [3.8, 4) is 0 Å². The Morgan fingerprint density at radius 3 is 2.81 bits per heavy atom. The highest BCUT2D eigenvalue weighted by Gasteiger charge is 2.03. The fourth-order valence-electron chi connectivity index (χ4n) is 1.18. The number of thioether (sulfide) groups is 1. The third-order valence-electron chi connectivity index (χ3n) is 1.91. The SMILES string of the molecule is O=S(CCSc1nccs1)c1ccccc1. The van der Waals surface area contributed by atoms with Gasteiger partial charge in [0.05, 0.1) is 10.8 Å². The molecule has 0 N–H and O–H groups in total. The number of hydrogen-bond donors (Lipinski definition) is 0. The summed E-state index contributed by atoms with van der Waals surface area (Å²) in [5.74, 6) is 1.52. The van der Waals surface area contributed by atoms with Crippen LogP contribution in [0.3, 0.4) is 0 Å². The van der Waals surface area contributed by atoms with E-state index >= 15 is 0 Å². The smallest absolute Gasteiger partial charge is 0.149 e. The maximum absolute atomic E-state index is 11.9. The van der Waals surface area contributed by atoms with E-state index in [-0.39, 0.29) is 0 Å². The predicted molar refractivity (Wildman–Crippen MR) is 70.6 cm³/mol. The average Bonchev–Trinajstić information content (AvgIpc) is 2.83. The summed E-state index contributed by atoms with van der Waals surface area (Å²) < 4.78 is 12.9. The van der Waals surface area contributed by atoms with Crippen LogP contribution in [0.4, 0.5) is 0 Å². The Morgan fingerprint density at radius 2 is 2.12 bits per heavy atom. The molecule has 0 aliphatic rings. The molecule has 1 aromatic carbocycles. The number of thiazole rings is 1. The summed E-state index contributed by atoms with van der Waals surface area (Å²) in [6, 6.07) is 9.59. The van der Waals surface area contributed by atoms with E-state index in [1.165, 1.54) is 0 Å². The average molecular weight is 269 g/mol. The van der Waals surface area contributed by atoms with Gasteiger partial charge in [-0.25, -0.2) is 4.98 Å². The third kappa shape index (κ3) is 3.43. The van der Waals surface area contributed by atoms with E-state index in [0.717, 1.165) is 15.0 Å². The van der Waals surface area contributed by atoms with Gasteiger partial charge in [-0.05, 0) is 12.1 Å². The zero-order valence-corrected chi connectivity index (χ0v) is 11.0. The molecule has 0 saturated carbocycles. The minimum atomic E-state index is -0.889. The Labute approximate surface area is 106 Å². The molecule has 1 heterocycles. The van der Waals surface area contributed by atoms with Gasteiger partial charge in [-0.1, -0.05) is 30.0 Å². The van der Waals surface area contributed by atoms with Crippen molar-refractivity contribution >= 4 is 33.9 Å². The molecule has 1 aromatic heterocycles. The monoisotopic (exact) mass is 269 g/mol. The van der Waals surface area contributed by atoms with E-state index in [0.29, 0.717) is 5.75 Å². The molecular weight excluding hydrogens is 258 g/mol. The van der Waals surface area contributed by atoms with Crippen LogP contribution in [0.5, 0.6) is 0 Å². The van der Waals surface area contributed by atoms with Crippen LogP contribution < -0.4 is 0 Å². The Morgan fingerprint density at radius 1 is 1.31 bits per heavy atom. The second-order valence-electron chi connectivity index (χ2n) is 3.01. The Balaban J connectivity index is 1.81. The first-order valence-electron chi connectivity index (χ1n) is 4.82. The molecule has 0 amide bonds. The van der Waals surface area contributed by atoms with Crippen LogP contribution in [0.2, 0.25) is 0 Å². The summed E-state index contributed by atoms with van der Waals surface area (Å²) >= 11 is 3.29. The summed E-state index contributed by atoms with van der Waals surface area (Å²) in [5, 5.41) is 1.95. The number of nitrogens with zero attached hydrogens (tertiary/aromatic N) is 1. The van der Waals surface area contributed by atoms with Gasteiger partial charge >= 0.3 is 0 Å². The molecule has 0 radical (unpaired) electrons. The lowest BCUT2D eigenvalue weighted by atomic mass is 10.4. The van der Waals surface area contributed by atoms with Gasteiger partial charge in [0.2, 0.25) is 0 Å². The summed E-state index contributed by atoms with van der Waals surface area (Å²) in [6.45, 7) is 0.